The van der Waals surface area contributed by atoms with Crippen molar-refractivity contribution in [3.63, 3.8) is 0 Å². The molecular weight excluding hydrogens is 398 g/mol. The molecule has 0 fully saturated rings. The number of benzene rings is 2. The van der Waals surface area contributed by atoms with Crippen LogP contribution in [-0.2, 0) is 10.8 Å². The first kappa shape index (κ1) is 17.8. The number of rotatable bonds is 3. The van der Waals surface area contributed by atoms with E-state index < -0.39 is 0 Å². The van der Waals surface area contributed by atoms with Crippen LogP contribution in [0.3, 0.4) is 0 Å². The van der Waals surface area contributed by atoms with Gasteiger partial charge in [0.2, 0.25) is 0 Å². The first-order chi connectivity index (χ1) is 10.2. The molecule has 0 heterocycles. The second-order valence-corrected chi connectivity index (χ2v) is 14.0. The van der Waals surface area contributed by atoms with Crippen molar-refractivity contribution in [3.05, 3.63) is 59.7 Å². The van der Waals surface area contributed by atoms with Crippen molar-refractivity contribution in [3.8, 4) is 0 Å². The summed E-state index contributed by atoms with van der Waals surface area (Å²) in [4.78, 5) is 0. The minimum atomic E-state index is 0.241. The van der Waals surface area contributed by atoms with E-state index in [4.69, 9.17) is 0 Å². The Morgan fingerprint density at radius 3 is 1.27 bits per heavy atom. The van der Waals surface area contributed by atoms with E-state index in [0.717, 1.165) is 0 Å². The van der Waals surface area contributed by atoms with E-state index in [0.29, 0.717) is 26.3 Å². The van der Waals surface area contributed by atoms with Gasteiger partial charge < -0.3 is 0 Å². The number of hydrogen-bond acceptors (Lipinski definition) is 0. The molecule has 22 heavy (non-hydrogen) atoms. The maximum absolute atomic E-state index is 2.41. The van der Waals surface area contributed by atoms with E-state index in [2.05, 4.69) is 90.1 Å². The summed E-state index contributed by atoms with van der Waals surface area (Å²) in [5.74, 6) is 0. The van der Waals surface area contributed by atoms with Gasteiger partial charge in [0.25, 0.3) is 0 Å². The Morgan fingerprint density at radius 2 is 0.955 bits per heavy atom. The summed E-state index contributed by atoms with van der Waals surface area (Å²) < 4.78 is 3.06. The Balaban J connectivity index is 2.11. The van der Waals surface area contributed by atoms with Crippen LogP contribution < -0.4 is 8.92 Å². The van der Waals surface area contributed by atoms with E-state index >= 15 is 0 Å². The fraction of sp³-hybridized carbons (Fsp3) is 0.400. The van der Waals surface area contributed by atoms with Gasteiger partial charge in [-0.15, -0.1) is 0 Å². The van der Waals surface area contributed by atoms with Gasteiger partial charge in [0.1, 0.15) is 0 Å². The van der Waals surface area contributed by atoms with Gasteiger partial charge >= 0.3 is 147 Å². The molecule has 2 aromatic rings. The summed E-state index contributed by atoms with van der Waals surface area (Å²) in [5.41, 5.74) is 3.38. The molecule has 0 aromatic heterocycles. The summed E-state index contributed by atoms with van der Waals surface area (Å²) >= 11 is 1.12. The van der Waals surface area contributed by atoms with Crippen LogP contribution in [0, 0.1) is 0 Å². The van der Waals surface area contributed by atoms with E-state index in [1.165, 1.54) is 20.1 Å². The van der Waals surface area contributed by atoms with Crippen LogP contribution in [0.5, 0.6) is 0 Å². The maximum atomic E-state index is 2.41. The van der Waals surface area contributed by atoms with Gasteiger partial charge in [-0.1, -0.05) is 0 Å². The normalized spacial score (nSPS) is 12.5. The molecule has 0 unspecified atom stereocenters. The quantitative estimate of drug-likeness (QED) is 0.662. The SMILES string of the molecule is CC(C)(C)c1cccc([Se][Se]c2cccc(C(C)(C)C)c2)c1. The molecule has 118 valence electrons. The molecule has 2 rings (SSSR count). The first-order valence-corrected chi connectivity index (χ1v) is 13.8. The van der Waals surface area contributed by atoms with Gasteiger partial charge in [0.05, 0.1) is 0 Å². The molecule has 0 aliphatic carbocycles. The second kappa shape index (κ2) is 6.93. The van der Waals surface area contributed by atoms with Crippen molar-refractivity contribution in [2.24, 2.45) is 0 Å². The van der Waals surface area contributed by atoms with E-state index in [1.807, 2.05) is 0 Å². The molecule has 0 saturated carbocycles. The first-order valence-electron chi connectivity index (χ1n) is 7.72. The van der Waals surface area contributed by atoms with Crippen molar-refractivity contribution in [1.82, 2.24) is 0 Å². The molecule has 0 aliphatic heterocycles. The third-order valence-corrected chi connectivity index (χ3v) is 10.8. The Labute approximate surface area is 147 Å². The average molecular weight is 424 g/mol. The van der Waals surface area contributed by atoms with Gasteiger partial charge in [-0.3, -0.25) is 0 Å². The summed E-state index contributed by atoms with van der Waals surface area (Å²) in [7, 11) is 0. The standard InChI is InChI=1S/C20H26Se2/c1-19(2,3)15-9-7-11-17(13-15)21-22-18-12-8-10-16(14-18)20(4,5)6/h7-14H,1-6H3. The predicted octanol–water partition coefficient (Wildman–Crippen LogP) is 3.56. The second-order valence-electron chi connectivity index (χ2n) is 7.72. The van der Waals surface area contributed by atoms with Crippen LogP contribution in [0.1, 0.15) is 52.7 Å². The van der Waals surface area contributed by atoms with Crippen LogP contribution in [0.15, 0.2) is 48.5 Å². The fourth-order valence-corrected chi connectivity index (χ4v) is 8.18. The van der Waals surface area contributed by atoms with Crippen LogP contribution in [0.25, 0.3) is 0 Å². The molecule has 0 radical (unpaired) electrons. The zero-order chi connectivity index (χ0) is 16.4. The minimum absolute atomic E-state index is 0.241. The third-order valence-electron chi connectivity index (χ3n) is 3.63. The Bertz CT molecular complexity index is 573. The summed E-state index contributed by atoms with van der Waals surface area (Å²) in [5, 5.41) is 0. The summed E-state index contributed by atoms with van der Waals surface area (Å²) in [6, 6.07) is 18.4. The van der Waals surface area contributed by atoms with Gasteiger partial charge in [0, 0.05) is 0 Å². The zero-order valence-electron chi connectivity index (χ0n) is 14.4. The van der Waals surface area contributed by atoms with E-state index in [9.17, 15) is 0 Å². The Kier molecular flexibility index (Phi) is 5.62. The molecule has 0 N–H and O–H groups in total. The predicted molar refractivity (Wildman–Crippen MR) is 101 cm³/mol. The molecule has 2 aromatic carbocycles. The molecule has 0 bridgehead atoms. The van der Waals surface area contributed by atoms with Crippen molar-refractivity contribution in [2.75, 3.05) is 0 Å². The summed E-state index contributed by atoms with van der Waals surface area (Å²) in [6.07, 6.45) is 0. The van der Waals surface area contributed by atoms with Crippen molar-refractivity contribution >= 4 is 35.2 Å². The Morgan fingerprint density at radius 1 is 0.591 bits per heavy atom. The van der Waals surface area contributed by atoms with Crippen LogP contribution in [-0.4, -0.2) is 26.3 Å². The molecule has 0 spiro atoms. The Hall–Kier alpha value is -0.521. The monoisotopic (exact) mass is 426 g/mol. The van der Waals surface area contributed by atoms with E-state index in [1.54, 1.807) is 0 Å². The van der Waals surface area contributed by atoms with Crippen LogP contribution >= 0.6 is 0 Å². The van der Waals surface area contributed by atoms with Crippen molar-refractivity contribution in [2.45, 2.75) is 52.4 Å². The van der Waals surface area contributed by atoms with Crippen molar-refractivity contribution in [1.29, 1.82) is 0 Å². The number of hydrogen-bond donors (Lipinski definition) is 0. The molecule has 2 heteroatoms. The van der Waals surface area contributed by atoms with Crippen LogP contribution in [0.2, 0.25) is 0 Å². The van der Waals surface area contributed by atoms with Gasteiger partial charge in [-0.05, 0) is 0 Å². The van der Waals surface area contributed by atoms with Crippen LogP contribution in [0.4, 0.5) is 0 Å². The third kappa shape index (κ3) is 5.00. The summed E-state index contributed by atoms with van der Waals surface area (Å²) in [6.45, 7) is 13.7. The zero-order valence-corrected chi connectivity index (χ0v) is 17.9. The molecule has 0 atom stereocenters. The fourth-order valence-electron chi connectivity index (χ4n) is 2.13. The van der Waals surface area contributed by atoms with Crippen molar-refractivity contribution < 1.29 is 0 Å². The van der Waals surface area contributed by atoms with E-state index in [-0.39, 0.29) is 10.8 Å². The topological polar surface area (TPSA) is 0 Å². The average Bonchev–Trinajstić information content (AvgIpc) is 2.44. The molecular formula is C20H26Se2. The van der Waals surface area contributed by atoms with Gasteiger partial charge in [0.15, 0.2) is 0 Å². The molecule has 0 saturated heterocycles. The molecule has 0 amide bonds. The van der Waals surface area contributed by atoms with Gasteiger partial charge in [-0.2, -0.15) is 0 Å². The van der Waals surface area contributed by atoms with Gasteiger partial charge in [-0.25, -0.2) is 0 Å². The molecule has 0 aliphatic rings. The molecule has 0 nitrogen and oxygen atoms in total.